The monoisotopic (exact) mass is 1110 g/mol. The van der Waals surface area contributed by atoms with Gasteiger partial charge in [0.05, 0.1) is 19.6 Å². The molecule has 0 aliphatic carbocycles. The van der Waals surface area contributed by atoms with Crippen LogP contribution in [0.15, 0.2) is 271 Å². The first-order valence-electron chi connectivity index (χ1n) is 22.5. The van der Waals surface area contributed by atoms with Crippen molar-refractivity contribution in [3.05, 3.63) is 252 Å². The summed E-state index contributed by atoms with van der Waals surface area (Å²) in [4.78, 5) is 0.405. The van der Waals surface area contributed by atoms with Crippen LogP contribution in [-0.2, 0) is 19.7 Å². The molecule has 0 aliphatic heterocycles. The molecule has 8 nitrogen and oxygen atoms in total. The van der Waals surface area contributed by atoms with Gasteiger partial charge in [-0.05, 0) is 156 Å². The average Bonchev–Trinajstić information content (AvgIpc) is 3.40. The highest BCUT2D eigenvalue weighted by molar-refractivity contribution is 9.11. The van der Waals surface area contributed by atoms with E-state index in [2.05, 4.69) is 31.9 Å². The van der Waals surface area contributed by atoms with Crippen LogP contribution < -0.4 is 18.9 Å². The van der Waals surface area contributed by atoms with E-state index < -0.39 is 19.7 Å². The van der Waals surface area contributed by atoms with E-state index in [9.17, 15) is 16.8 Å². The minimum absolute atomic E-state index is 0.0923. The van der Waals surface area contributed by atoms with Crippen LogP contribution in [0.5, 0.6) is 46.0 Å². The highest BCUT2D eigenvalue weighted by Gasteiger charge is 2.21. The molecule has 0 bridgehead atoms. The molecule has 0 unspecified atom stereocenters. The fourth-order valence-corrected chi connectivity index (χ4v) is 11.7. The first-order chi connectivity index (χ1) is 35.0. The Balaban J connectivity index is 0.827. The predicted octanol–water partition coefficient (Wildman–Crippen LogP) is 17.0. The average molecular weight is 1110 g/mol. The van der Waals surface area contributed by atoms with Gasteiger partial charge >= 0.3 is 0 Å². The summed E-state index contributed by atoms with van der Waals surface area (Å²) in [5.41, 5.74) is 5.43. The zero-order valence-electron chi connectivity index (χ0n) is 37.9. The van der Waals surface area contributed by atoms with Crippen LogP contribution >= 0.6 is 31.9 Å². The van der Waals surface area contributed by atoms with E-state index >= 15 is 0 Å². The van der Waals surface area contributed by atoms with E-state index in [1.54, 1.807) is 54.6 Å². The minimum atomic E-state index is -3.89. The molecule has 10 aromatic rings. The maximum absolute atomic E-state index is 13.8. The molecule has 0 aliphatic rings. The highest BCUT2D eigenvalue weighted by Crippen LogP contribution is 2.42. The molecular formula is C60H40Br2O8S2. The summed E-state index contributed by atoms with van der Waals surface area (Å²) >= 11 is 7.29. The summed E-state index contributed by atoms with van der Waals surface area (Å²) in [6.45, 7) is 0. The molecule has 12 heteroatoms. The number of hydrogen-bond acceptors (Lipinski definition) is 8. The summed E-state index contributed by atoms with van der Waals surface area (Å²) in [6, 6.07) is 71.3. The molecule has 0 heterocycles. The lowest BCUT2D eigenvalue weighted by atomic mass is 10.0. The third-order valence-electron chi connectivity index (χ3n) is 11.5. The van der Waals surface area contributed by atoms with Crippen LogP contribution in [0.1, 0.15) is 0 Å². The Morgan fingerprint density at radius 3 is 0.903 bits per heavy atom. The quantitative estimate of drug-likeness (QED) is 0.1000. The zero-order chi connectivity index (χ0) is 49.7. The summed E-state index contributed by atoms with van der Waals surface area (Å²) in [5, 5.41) is 0. The van der Waals surface area contributed by atoms with Gasteiger partial charge in [0.25, 0.3) is 0 Å². The lowest BCUT2D eigenvalue weighted by Gasteiger charge is -2.14. The van der Waals surface area contributed by atoms with Gasteiger partial charge in [-0.15, -0.1) is 0 Å². The van der Waals surface area contributed by atoms with Crippen LogP contribution in [0.3, 0.4) is 0 Å². The van der Waals surface area contributed by atoms with Crippen molar-refractivity contribution in [2.75, 3.05) is 0 Å². The predicted molar refractivity (Wildman–Crippen MR) is 288 cm³/mol. The first kappa shape index (κ1) is 47.9. The van der Waals surface area contributed by atoms with E-state index in [0.29, 0.717) is 46.0 Å². The second kappa shape index (κ2) is 20.9. The van der Waals surface area contributed by atoms with Crippen molar-refractivity contribution in [2.24, 2.45) is 0 Å². The Kier molecular flexibility index (Phi) is 13.9. The third kappa shape index (κ3) is 10.6. The van der Waals surface area contributed by atoms with Crippen LogP contribution in [0.2, 0.25) is 0 Å². The molecule has 354 valence electrons. The largest absolute Gasteiger partial charge is 0.457 e. The second-order valence-corrected chi connectivity index (χ2v) is 21.9. The second-order valence-electron chi connectivity index (χ2n) is 16.3. The van der Waals surface area contributed by atoms with Crippen molar-refractivity contribution in [2.45, 2.75) is 19.6 Å². The molecular weight excluding hydrogens is 1070 g/mol. The molecule has 0 spiro atoms. The summed E-state index contributed by atoms with van der Waals surface area (Å²) < 4.78 is 82.1. The lowest BCUT2D eigenvalue weighted by Crippen LogP contribution is -2.02. The van der Waals surface area contributed by atoms with E-state index in [1.165, 1.54) is 48.5 Å². The minimum Gasteiger partial charge on any atom is -0.457 e. The summed E-state index contributed by atoms with van der Waals surface area (Å²) in [5.74, 6) is 3.88. The molecule has 10 aromatic carbocycles. The van der Waals surface area contributed by atoms with Gasteiger partial charge in [0, 0.05) is 26.1 Å². The Labute approximate surface area is 434 Å². The highest BCUT2D eigenvalue weighted by atomic mass is 79.9. The lowest BCUT2D eigenvalue weighted by molar-refractivity contribution is 0.460. The number of halogens is 2. The molecule has 72 heavy (non-hydrogen) atoms. The van der Waals surface area contributed by atoms with Crippen molar-refractivity contribution >= 4 is 51.5 Å². The molecule has 0 atom stereocenters. The van der Waals surface area contributed by atoms with E-state index in [1.807, 2.05) is 140 Å². The van der Waals surface area contributed by atoms with Crippen molar-refractivity contribution < 1.29 is 35.8 Å². The molecule has 0 fully saturated rings. The maximum Gasteiger partial charge on any atom is 0.206 e. The molecule has 0 radical (unpaired) electrons. The molecule has 0 N–H and O–H groups in total. The summed E-state index contributed by atoms with van der Waals surface area (Å²) in [6.07, 6.45) is 0. The smallest absolute Gasteiger partial charge is 0.206 e. The van der Waals surface area contributed by atoms with Crippen LogP contribution in [0.25, 0.3) is 33.4 Å². The van der Waals surface area contributed by atoms with Crippen LogP contribution in [0, 0.1) is 0 Å². The van der Waals surface area contributed by atoms with E-state index in [4.69, 9.17) is 18.9 Å². The Bertz CT molecular complexity index is 3520. The Morgan fingerprint density at radius 1 is 0.264 bits per heavy atom. The van der Waals surface area contributed by atoms with Gasteiger partial charge in [0.1, 0.15) is 46.0 Å². The van der Waals surface area contributed by atoms with Crippen molar-refractivity contribution in [3.63, 3.8) is 0 Å². The fourth-order valence-electron chi connectivity index (χ4n) is 7.98. The normalized spacial score (nSPS) is 11.4. The fraction of sp³-hybridized carbons (Fsp3) is 0. The van der Waals surface area contributed by atoms with Gasteiger partial charge in [-0.2, -0.15) is 0 Å². The third-order valence-corrected chi connectivity index (χ3v) is 16.4. The Morgan fingerprint density at radius 2 is 0.569 bits per heavy atom. The number of benzene rings is 10. The van der Waals surface area contributed by atoms with Crippen molar-refractivity contribution in [1.29, 1.82) is 0 Å². The summed E-state index contributed by atoms with van der Waals surface area (Å²) in [7, 11) is -7.79. The van der Waals surface area contributed by atoms with E-state index in [-0.39, 0.29) is 19.6 Å². The molecule has 10 rings (SSSR count). The van der Waals surface area contributed by atoms with Gasteiger partial charge in [-0.1, -0.05) is 135 Å². The zero-order valence-corrected chi connectivity index (χ0v) is 42.7. The maximum atomic E-state index is 13.8. The van der Waals surface area contributed by atoms with E-state index in [0.717, 1.165) is 42.3 Å². The van der Waals surface area contributed by atoms with Gasteiger partial charge in [-0.25, -0.2) is 16.8 Å². The number of rotatable bonds is 15. The Hall–Kier alpha value is -7.74. The van der Waals surface area contributed by atoms with Crippen LogP contribution in [-0.4, -0.2) is 16.8 Å². The van der Waals surface area contributed by atoms with Gasteiger partial charge in [0.15, 0.2) is 0 Å². The standard InChI is InChI=1S/C60H40Br2O8S2/c61-55-18-10-20-57(59(55)42-14-6-2-7-15-42)69-47-26-34-53(35-27-47)71(63,64)51-30-22-45(23-31-51)67-49-38-44(41-12-4-1-5-13-41)39-50(40-49)68-46-24-32-52(33-25-46)72(65,66)54-36-28-48(29-37-54)70-58-21-11-19-56(62)60(58)43-16-8-3-9-17-43/h1-40H. The van der Waals surface area contributed by atoms with Crippen LogP contribution in [0.4, 0.5) is 0 Å². The molecule has 0 amide bonds. The van der Waals surface area contributed by atoms with Gasteiger partial charge < -0.3 is 18.9 Å². The van der Waals surface area contributed by atoms with Gasteiger partial charge in [-0.3, -0.25) is 0 Å². The number of hydrogen-bond donors (Lipinski definition) is 0. The number of ether oxygens (including phenoxy) is 4. The number of sulfone groups is 2. The van der Waals surface area contributed by atoms with Crippen molar-refractivity contribution in [1.82, 2.24) is 0 Å². The van der Waals surface area contributed by atoms with Crippen molar-refractivity contribution in [3.8, 4) is 79.4 Å². The first-order valence-corrected chi connectivity index (χ1v) is 27.0. The SMILES string of the molecule is O=S(=O)(c1ccc(Oc2cc(Oc3ccc(S(=O)(=O)c4ccc(Oc5cccc(Br)c5-c5ccccc5)cc4)cc3)cc(-c3ccccc3)c2)cc1)c1ccc(Oc2cccc(Br)c2-c2ccccc2)cc1. The molecule has 0 saturated heterocycles. The molecule has 0 saturated carbocycles. The molecule has 0 aromatic heterocycles. The van der Waals surface area contributed by atoms with Gasteiger partial charge in [0.2, 0.25) is 19.7 Å². The topological polar surface area (TPSA) is 105 Å².